The van der Waals surface area contributed by atoms with Crippen LogP contribution in [0.5, 0.6) is 0 Å². The Labute approximate surface area is 83.1 Å². The lowest BCUT2D eigenvalue weighted by atomic mass is 9.78. The van der Waals surface area contributed by atoms with Crippen molar-refractivity contribution < 1.29 is 15.0 Å². The Kier molecular flexibility index (Phi) is 1.69. The minimum Gasteiger partial charge on any atom is -0.481 e. The Morgan fingerprint density at radius 3 is 2.57 bits per heavy atom. The van der Waals surface area contributed by atoms with E-state index in [4.69, 9.17) is 5.11 Å². The second-order valence-corrected chi connectivity index (χ2v) is 5.24. The Morgan fingerprint density at radius 1 is 1.14 bits per heavy atom. The summed E-state index contributed by atoms with van der Waals surface area (Å²) in [5.41, 5.74) is 0. The third-order valence-corrected chi connectivity index (χ3v) is 4.79. The third kappa shape index (κ3) is 0.937. The van der Waals surface area contributed by atoms with Gasteiger partial charge in [0.15, 0.2) is 0 Å². The van der Waals surface area contributed by atoms with E-state index in [0.29, 0.717) is 17.8 Å². The van der Waals surface area contributed by atoms with Crippen molar-refractivity contribution in [2.24, 2.45) is 29.6 Å². The van der Waals surface area contributed by atoms with Gasteiger partial charge in [-0.15, -0.1) is 0 Å². The zero-order chi connectivity index (χ0) is 9.87. The first-order valence-corrected chi connectivity index (χ1v) is 5.59. The lowest BCUT2D eigenvalue weighted by Crippen LogP contribution is -2.31. The zero-order valence-corrected chi connectivity index (χ0v) is 8.10. The molecule has 0 saturated heterocycles. The van der Waals surface area contributed by atoms with Gasteiger partial charge >= 0.3 is 5.97 Å². The summed E-state index contributed by atoms with van der Waals surface area (Å²) in [4.78, 5) is 11.1. The van der Waals surface area contributed by atoms with Crippen molar-refractivity contribution in [2.45, 2.75) is 31.8 Å². The molecule has 14 heavy (non-hydrogen) atoms. The number of aliphatic carboxylic acids is 1. The highest BCUT2D eigenvalue weighted by molar-refractivity contribution is 5.72. The van der Waals surface area contributed by atoms with Crippen molar-refractivity contribution in [1.29, 1.82) is 0 Å². The fourth-order valence-electron chi connectivity index (χ4n) is 4.38. The second-order valence-electron chi connectivity index (χ2n) is 5.24. The maximum atomic E-state index is 11.1. The number of hydrogen-bond acceptors (Lipinski definition) is 2. The number of fused-ring (bicyclic) bond motifs is 5. The molecular formula is C11H16O3. The summed E-state index contributed by atoms with van der Waals surface area (Å²) < 4.78 is 0. The van der Waals surface area contributed by atoms with E-state index in [-0.39, 0.29) is 0 Å². The molecule has 6 unspecified atom stereocenters. The Hall–Kier alpha value is -0.570. The van der Waals surface area contributed by atoms with E-state index in [1.165, 1.54) is 19.3 Å². The fraction of sp³-hybridized carbons (Fsp3) is 0.909. The van der Waals surface area contributed by atoms with Gasteiger partial charge in [-0.2, -0.15) is 0 Å². The predicted octanol–water partition coefficient (Wildman–Crippen LogP) is 1.11. The predicted molar refractivity (Wildman–Crippen MR) is 49.6 cm³/mol. The number of rotatable bonds is 1. The Balaban J connectivity index is 1.91. The van der Waals surface area contributed by atoms with Crippen molar-refractivity contribution >= 4 is 5.97 Å². The van der Waals surface area contributed by atoms with Gasteiger partial charge in [-0.25, -0.2) is 0 Å². The molecule has 0 aromatic heterocycles. The van der Waals surface area contributed by atoms with Crippen LogP contribution >= 0.6 is 0 Å². The molecule has 0 spiro atoms. The highest BCUT2D eigenvalue weighted by Gasteiger charge is 2.58. The molecule has 2 bridgehead atoms. The molecule has 0 aromatic carbocycles. The van der Waals surface area contributed by atoms with E-state index in [2.05, 4.69) is 0 Å². The van der Waals surface area contributed by atoms with E-state index in [0.717, 1.165) is 12.3 Å². The lowest BCUT2D eigenvalue weighted by Gasteiger charge is -2.26. The zero-order valence-electron chi connectivity index (χ0n) is 8.10. The minimum absolute atomic E-state index is 0.293. The summed E-state index contributed by atoms with van der Waals surface area (Å²) in [6.45, 7) is 0. The molecule has 0 aliphatic heterocycles. The first-order valence-electron chi connectivity index (χ1n) is 5.59. The molecule has 3 heteroatoms. The molecule has 3 fully saturated rings. The molecule has 0 aromatic rings. The molecule has 3 aliphatic carbocycles. The van der Waals surface area contributed by atoms with Crippen LogP contribution in [0.15, 0.2) is 0 Å². The van der Waals surface area contributed by atoms with Crippen LogP contribution in [0.2, 0.25) is 0 Å². The summed E-state index contributed by atoms with van der Waals surface area (Å²) in [6.07, 6.45) is 3.85. The van der Waals surface area contributed by atoms with Crippen molar-refractivity contribution in [3.63, 3.8) is 0 Å². The third-order valence-electron chi connectivity index (χ3n) is 4.79. The summed E-state index contributed by atoms with van der Waals surface area (Å²) in [7, 11) is 0. The number of aliphatic hydroxyl groups excluding tert-OH is 1. The maximum absolute atomic E-state index is 11.1. The number of hydrogen-bond donors (Lipinski definition) is 2. The van der Waals surface area contributed by atoms with Gasteiger partial charge in [-0.1, -0.05) is 0 Å². The first kappa shape index (κ1) is 8.72. The number of carbonyl (C=O) groups is 1. The number of aliphatic hydroxyl groups is 1. The Morgan fingerprint density at radius 2 is 1.86 bits per heavy atom. The van der Waals surface area contributed by atoms with Gasteiger partial charge in [0.05, 0.1) is 12.0 Å². The molecule has 2 N–H and O–H groups in total. The quantitative estimate of drug-likeness (QED) is 0.660. The van der Waals surface area contributed by atoms with Gasteiger partial charge < -0.3 is 10.2 Å². The highest BCUT2D eigenvalue weighted by Crippen LogP contribution is 2.60. The summed E-state index contributed by atoms with van der Waals surface area (Å²) in [6, 6.07) is 0. The van der Waals surface area contributed by atoms with Gasteiger partial charge in [0.1, 0.15) is 0 Å². The summed E-state index contributed by atoms with van der Waals surface area (Å²) in [5.74, 6) is 0.895. The van der Waals surface area contributed by atoms with E-state index in [1.54, 1.807) is 0 Å². The van der Waals surface area contributed by atoms with Gasteiger partial charge in [0, 0.05) is 0 Å². The molecule has 78 valence electrons. The van der Waals surface area contributed by atoms with Crippen LogP contribution in [0.4, 0.5) is 0 Å². The van der Waals surface area contributed by atoms with E-state index in [1.807, 2.05) is 0 Å². The summed E-state index contributed by atoms with van der Waals surface area (Å²) in [5, 5.41) is 18.8. The molecule has 6 atom stereocenters. The lowest BCUT2D eigenvalue weighted by molar-refractivity contribution is -0.147. The van der Waals surface area contributed by atoms with Gasteiger partial charge in [-0.3, -0.25) is 4.79 Å². The van der Waals surface area contributed by atoms with Gasteiger partial charge in [0.25, 0.3) is 0 Å². The van der Waals surface area contributed by atoms with Crippen LogP contribution < -0.4 is 0 Å². The minimum atomic E-state index is -0.780. The SMILES string of the molecule is O=C(O)C1C(O)CC2C3CCC(C3)C21. The molecular weight excluding hydrogens is 180 g/mol. The van der Waals surface area contributed by atoms with Crippen LogP contribution in [0.1, 0.15) is 25.7 Å². The number of carboxylic acid groups (broad SMARTS) is 1. The highest BCUT2D eigenvalue weighted by atomic mass is 16.4. The van der Waals surface area contributed by atoms with Crippen molar-refractivity contribution in [3.05, 3.63) is 0 Å². The van der Waals surface area contributed by atoms with Gasteiger partial charge in [0.2, 0.25) is 0 Å². The molecule has 0 radical (unpaired) electrons. The van der Waals surface area contributed by atoms with Crippen molar-refractivity contribution in [3.8, 4) is 0 Å². The topological polar surface area (TPSA) is 57.5 Å². The maximum Gasteiger partial charge on any atom is 0.309 e. The van der Waals surface area contributed by atoms with Crippen LogP contribution in [-0.4, -0.2) is 22.3 Å². The normalized spacial score (nSPS) is 54.9. The van der Waals surface area contributed by atoms with Gasteiger partial charge in [-0.05, 0) is 49.4 Å². The Bertz CT molecular complexity index is 276. The molecule has 3 saturated carbocycles. The average Bonchev–Trinajstić information content (AvgIpc) is 2.70. The smallest absolute Gasteiger partial charge is 0.309 e. The standard InChI is InChI=1S/C11H16O3/c12-8-4-7-5-1-2-6(3-5)9(7)10(8)11(13)14/h5-10,12H,1-4H2,(H,13,14). The van der Waals surface area contributed by atoms with E-state index < -0.39 is 18.0 Å². The average molecular weight is 196 g/mol. The van der Waals surface area contributed by atoms with E-state index in [9.17, 15) is 9.90 Å². The van der Waals surface area contributed by atoms with Crippen LogP contribution in [0.25, 0.3) is 0 Å². The van der Waals surface area contributed by atoms with Crippen molar-refractivity contribution in [1.82, 2.24) is 0 Å². The molecule has 3 nitrogen and oxygen atoms in total. The van der Waals surface area contributed by atoms with Crippen LogP contribution in [0.3, 0.4) is 0 Å². The number of carboxylic acids is 1. The molecule has 0 amide bonds. The fourth-order valence-corrected chi connectivity index (χ4v) is 4.38. The van der Waals surface area contributed by atoms with Crippen LogP contribution in [-0.2, 0) is 4.79 Å². The molecule has 3 rings (SSSR count). The largest absolute Gasteiger partial charge is 0.481 e. The summed E-state index contributed by atoms with van der Waals surface area (Å²) >= 11 is 0. The van der Waals surface area contributed by atoms with Crippen LogP contribution in [0, 0.1) is 29.6 Å². The molecule has 3 aliphatic rings. The monoisotopic (exact) mass is 196 g/mol. The second kappa shape index (κ2) is 2.72. The first-order chi connectivity index (χ1) is 6.68. The van der Waals surface area contributed by atoms with E-state index >= 15 is 0 Å². The molecule has 0 heterocycles. The van der Waals surface area contributed by atoms with Crippen molar-refractivity contribution in [2.75, 3.05) is 0 Å².